The monoisotopic (exact) mass is 363 g/mol. The fourth-order valence-corrected chi connectivity index (χ4v) is 4.14. The van der Waals surface area contributed by atoms with E-state index < -0.39 is 10.0 Å². The molecule has 0 saturated carbocycles. The summed E-state index contributed by atoms with van der Waals surface area (Å²) in [5.41, 5.74) is 1.00. The van der Waals surface area contributed by atoms with Crippen molar-refractivity contribution in [3.63, 3.8) is 0 Å². The van der Waals surface area contributed by atoms with E-state index in [9.17, 15) is 13.2 Å². The number of sulfonamides is 1. The summed E-state index contributed by atoms with van der Waals surface area (Å²) in [5.74, 6) is 0.160. The van der Waals surface area contributed by atoms with Crippen LogP contribution in [0.4, 0.5) is 5.82 Å². The van der Waals surface area contributed by atoms with Crippen molar-refractivity contribution in [1.82, 2.24) is 18.8 Å². The van der Waals surface area contributed by atoms with Gasteiger partial charge in [-0.2, -0.15) is 4.31 Å². The van der Waals surface area contributed by atoms with E-state index in [-0.39, 0.29) is 17.5 Å². The van der Waals surface area contributed by atoms with Crippen molar-refractivity contribution in [3.8, 4) is 0 Å². The van der Waals surface area contributed by atoms with Gasteiger partial charge in [-0.3, -0.25) is 4.79 Å². The lowest BCUT2D eigenvalue weighted by molar-refractivity contribution is -0.116. The number of hydrogen-bond acceptors (Lipinski definition) is 5. The number of carbonyl (C=O) groups is 1. The molecule has 1 amide bonds. The number of anilines is 1. The molecule has 0 atom stereocenters. The van der Waals surface area contributed by atoms with Crippen molar-refractivity contribution in [2.45, 2.75) is 37.8 Å². The lowest BCUT2D eigenvalue weighted by Gasteiger charge is -2.24. The Kier molecular flexibility index (Phi) is 5.14. The van der Waals surface area contributed by atoms with Gasteiger partial charge in [0.25, 0.3) is 10.0 Å². The summed E-state index contributed by atoms with van der Waals surface area (Å²) in [6.45, 7) is 2.93. The summed E-state index contributed by atoms with van der Waals surface area (Å²) in [4.78, 5) is 20.1. The molecule has 3 heterocycles. The van der Waals surface area contributed by atoms with Gasteiger partial charge >= 0.3 is 0 Å². The summed E-state index contributed by atoms with van der Waals surface area (Å²) in [6.07, 6.45) is 7.20. The Bertz CT molecular complexity index is 839. The third kappa shape index (κ3) is 4.23. The first-order valence-electron chi connectivity index (χ1n) is 8.19. The van der Waals surface area contributed by atoms with Crippen molar-refractivity contribution >= 4 is 21.7 Å². The van der Waals surface area contributed by atoms with Gasteiger partial charge in [0, 0.05) is 25.5 Å². The number of aromatic nitrogens is 3. The van der Waals surface area contributed by atoms with E-state index in [1.807, 2.05) is 13.0 Å². The molecule has 0 radical (unpaired) electrons. The minimum Gasteiger partial charge on any atom is -0.327 e. The van der Waals surface area contributed by atoms with Crippen molar-refractivity contribution < 1.29 is 13.2 Å². The molecule has 3 rings (SSSR count). The first-order chi connectivity index (χ1) is 11.9. The van der Waals surface area contributed by atoms with E-state index in [1.54, 1.807) is 12.3 Å². The predicted octanol–water partition coefficient (Wildman–Crippen LogP) is 1.40. The molecule has 2 aromatic rings. The van der Waals surface area contributed by atoms with Crippen LogP contribution in [0.5, 0.6) is 0 Å². The highest BCUT2D eigenvalue weighted by molar-refractivity contribution is 7.89. The fraction of sp³-hybridized carbons (Fsp3) is 0.438. The molecule has 0 aliphatic carbocycles. The van der Waals surface area contributed by atoms with Crippen LogP contribution in [0.3, 0.4) is 0 Å². The Hall–Kier alpha value is -2.26. The molecule has 0 unspecified atom stereocenters. The van der Waals surface area contributed by atoms with Crippen LogP contribution in [0.2, 0.25) is 0 Å². The van der Waals surface area contributed by atoms with Gasteiger partial charge in [-0.05, 0) is 31.4 Å². The molecule has 8 nitrogen and oxygen atoms in total. The van der Waals surface area contributed by atoms with E-state index in [0.29, 0.717) is 18.9 Å². The molecule has 0 aromatic carbocycles. The van der Waals surface area contributed by atoms with Crippen LogP contribution in [0.1, 0.15) is 24.8 Å². The number of nitrogens with one attached hydrogen (secondary N) is 1. The highest BCUT2D eigenvalue weighted by Crippen LogP contribution is 2.19. The van der Waals surface area contributed by atoms with Crippen molar-refractivity contribution in [2.75, 3.05) is 18.4 Å². The number of amides is 1. The van der Waals surface area contributed by atoms with Gasteiger partial charge in [-0.25, -0.2) is 18.4 Å². The summed E-state index contributed by atoms with van der Waals surface area (Å²) >= 11 is 0. The molecular formula is C16H21N5O3S. The average molecular weight is 363 g/mol. The first-order valence-corrected chi connectivity index (χ1v) is 9.63. The Morgan fingerprint density at radius 3 is 2.64 bits per heavy atom. The van der Waals surface area contributed by atoms with E-state index in [1.165, 1.54) is 21.4 Å². The number of piperidine rings is 1. The fourth-order valence-electron chi connectivity index (χ4n) is 2.69. The molecule has 9 heteroatoms. The number of nitrogens with zero attached hydrogens (tertiary/aromatic N) is 4. The summed E-state index contributed by atoms with van der Waals surface area (Å²) in [6, 6.07) is 3.57. The van der Waals surface area contributed by atoms with Crippen LogP contribution in [0, 0.1) is 6.92 Å². The molecule has 1 aliphatic rings. The standard InChI is InChI=1S/C16H21N5O3S/c1-13-5-6-14(17-9-13)19-15(22)10-20-11-16(18-12-20)25(23,24)21-7-3-2-4-8-21/h5-6,9,11-12H,2-4,7-8,10H2,1H3,(H,17,19,22). The molecular weight excluding hydrogens is 342 g/mol. The van der Waals surface area contributed by atoms with Crippen LogP contribution in [0.25, 0.3) is 0 Å². The zero-order chi connectivity index (χ0) is 17.9. The maximum Gasteiger partial charge on any atom is 0.262 e. The molecule has 0 bridgehead atoms. The zero-order valence-corrected chi connectivity index (χ0v) is 14.9. The SMILES string of the molecule is Cc1ccc(NC(=O)Cn2cnc(S(=O)(=O)N3CCCCC3)c2)nc1. The van der Waals surface area contributed by atoms with Gasteiger partial charge < -0.3 is 9.88 Å². The number of imidazole rings is 1. The lowest BCUT2D eigenvalue weighted by atomic mass is 10.2. The van der Waals surface area contributed by atoms with Gasteiger partial charge in [0.2, 0.25) is 5.91 Å². The van der Waals surface area contributed by atoms with Crippen molar-refractivity contribution in [3.05, 3.63) is 36.4 Å². The molecule has 2 aromatic heterocycles. The number of hydrogen-bond donors (Lipinski definition) is 1. The molecule has 1 N–H and O–H groups in total. The number of carbonyl (C=O) groups excluding carboxylic acids is 1. The van der Waals surface area contributed by atoms with Crippen molar-refractivity contribution in [2.24, 2.45) is 0 Å². The molecule has 25 heavy (non-hydrogen) atoms. The van der Waals surface area contributed by atoms with Gasteiger partial charge in [-0.15, -0.1) is 0 Å². The second-order valence-corrected chi connectivity index (χ2v) is 8.00. The van der Waals surface area contributed by atoms with Gasteiger partial charge in [0.1, 0.15) is 12.4 Å². The summed E-state index contributed by atoms with van der Waals surface area (Å²) < 4.78 is 28.0. The molecule has 134 valence electrons. The largest absolute Gasteiger partial charge is 0.327 e. The second kappa shape index (κ2) is 7.32. The zero-order valence-electron chi connectivity index (χ0n) is 14.1. The maximum atomic E-state index is 12.5. The highest BCUT2D eigenvalue weighted by Gasteiger charge is 2.28. The third-order valence-corrected chi connectivity index (χ3v) is 5.82. The van der Waals surface area contributed by atoms with E-state index >= 15 is 0 Å². The lowest BCUT2D eigenvalue weighted by Crippen LogP contribution is -2.35. The Morgan fingerprint density at radius 1 is 1.20 bits per heavy atom. The van der Waals surface area contributed by atoms with Gasteiger partial charge in [0.15, 0.2) is 5.03 Å². The number of pyridine rings is 1. The predicted molar refractivity (Wildman–Crippen MR) is 92.4 cm³/mol. The summed E-state index contributed by atoms with van der Waals surface area (Å²) in [5, 5.41) is 2.65. The first kappa shape index (κ1) is 17.6. The van der Waals surface area contributed by atoms with E-state index in [4.69, 9.17) is 0 Å². The molecule has 1 aliphatic heterocycles. The molecule has 1 fully saturated rings. The minimum atomic E-state index is -3.58. The smallest absolute Gasteiger partial charge is 0.262 e. The number of aryl methyl sites for hydroxylation is 1. The van der Waals surface area contributed by atoms with Crippen LogP contribution in [0.15, 0.2) is 35.9 Å². The minimum absolute atomic E-state index is 0.0179. The third-order valence-electron chi connectivity index (χ3n) is 4.03. The topological polar surface area (TPSA) is 97.2 Å². The quantitative estimate of drug-likeness (QED) is 0.866. The van der Waals surface area contributed by atoms with E-state index in [2.05, 4.69) is 15.3 Å². The van der Waals surface area contributed by atoms with Crippen molar-refractivity contribution in [1.29, 1.82) is 0 Å². The van der Waals surface area contributed by atoms with Gasteiger partial charge in [-0.1, -0.05) is 12.5 Å². The van der Waals surface area contributed by atoms with Crippen LogP contribution < -0.4 is 5.32 Å². The highest BCUT2D eigenvalue weighted by atomic mass is 32.2. The van der Waals surface area contributed by atoms with Crippen LogP contribution >= 0.6 is 0 Å². The molecule has 1 saturated heterocycles. The Balaban J connectivity index is 1.64. The summed E-state index contributed by atoms with van der Waals surface area (Å²) in [7, 11) is -3.58. The van der Waals surface area contributed by atoms with Crippen LogP contribution in [-0.4, -0.2) is 46.3 Å². The molecule has 0 spiro atoms. The van der Waals surface area contributed by atoms with Gasteiger partial charge in [0.05, 0.1) is 6.33 Å². The Labute approximate surface area is 146 Å². The normalized spacial score (nSPS) is 15.9. The van der Waals surface area contributed by atoms with E-state index in [0.717, 1.165) is 24.8 Å². The Morgan fingerprint density at radius 2 is 1.96 bits per heavy atom. The number of rotatable bonds is 5. The maximum absolute atomic E-state index is 12.5. The average Bonchev–Trinajstić information content (AvgIpc) is 3.07. The van der Waals surface area contributed by atoms with Crippen LogP contribution in [-0.2, 0) is 21.4 Å². The second-order valence-electron chi connectivity index (χ2n) is 6.12.